The lowest BCUT2D eigenvalue weighted by Crippen LogP contribution is -2.60. The summed E-state index contributed by atoms with van der Waals surface area (Å²) in [5.74, 6) is 0.00481. The van der Waals surface area contributed by atoms with Crippen LogP contribution in [0.4, 0.5) is 18.9 Å². The van der Waals surface area contributed by atoms with E-state index in [4.69, 9.17) is 0 Å². The van der Waals surface area contributed by atoms with Gasteiger partial charge >= 0.3 is 6.18 Å². The van der Waals surface area contributed by atoms with E-state index in [2.05, 4.69) is 4.98 Å². The van der Waals surface area contributed by atoms with Gasteiger partial charge in [-0.2, -0.15) is 13.2 Å². The monoisotopic (exact) mass is 301 g/mol. The van der Waals surface area contributed by atoms with Crippen molar-refractivity contribution in [2.24, 2.45) is 0 Å². The van der Waals surface area contributed by atoms with E-state index < -0.39 is 11.9 Å². The van der Waals surface area contributed by atoms with E-state index >= 15 is 0 Å². The lowest BCUT2D eigenvalue weighted by Gasteiger charge is -2.47. The van der Waals surface area contributed by atoms with E-state index in [1.807, 2.05) is 18.7 Å². The molecule has 0 N–H and O–H groups in total. The number of carbonyl (C=O) groups is 1. The minimum atomic E-state index is -4.43. The van der Waals surface area contributed by atoms with Crippen molar-refractivity contribution in [3.8, 4) is 0 Å². The van der Waals surface area contributed by atoms with Crippen LogP contribution in [0.15, 0.2) is 18.3 Å². The smallest absolute Gasteiger partial charge is 0.366 e. The van der Waals surface area contributed by atoms with Crippen molar-refractivity contribution >= 4 is 11.6 Å². The van der Waals surface area contributed by atoms with Gasteiger partial charge in [0.1, 0.15) is 5.69 Å². The number of carbonyl (C=O) groups excluding carboxylic acids is 1. The number of amides is 1. The molecule has 0 aliphatic carbocycles. The molecule has 1 saturated heterocycles. The highest BCUT2D eigenvalue weighted by Gasteiger charge is 2.36. The first-order valence-corrected chi connectivity index (χ1v) is 6.68. The van der Waals surface area contributed by atoms with Gasteiger partial charge in [0, 0.05) is 26.6 Å². The Morgan fingerprint density at radius 3 is 2.38 bits per heavy atom. The number of hydrogen-bond donors (Lipinski definition) is 0. The lowest BCUT2D eigenvalue weighted by atomic mass is 9.98. The summed E-state index contributed by atoms with van der Waals surface area (Å²) in [7, 11) is 0. The van der Waals surface area contributed by atoms with Gasteiger partial charge in [0.25, 0.3) is 0 Å². The van der Waals surface area contributed by atoms with Crippen LogP contribution < -0.4 is 4.90 Å². The quantitative estimate of drug-likeness (QED) is 0.800. The average Bonchev–Trinajstić information content (AvgIpc) is 2.36. The molecular formula is C14H18F3N3O. The Labute approximate surface area is 121 Å². The van der Waals surface area contributed by atoms with Crippen LogP contribution >= 0.6 is 0 Å². The second-order valence-electron chi connectivity index (χ2n) is 5.80. The van der Waals surface area contributed by atoms with Crippen molar-refractivity contribution in [3.05, 3.63) is 24.0 Å². The molecular weight excluding hydrogens is 283 g/mol. The van der Waals surface area contributed by atoms with Crippen molar-refractivity contribution in [3.63, 3.8) is 0 Å². The van der Waals surface area contributed by atoms with Crippen molar-refractivity contribution in [2.75, 3.05) is 24.5 Å². The van der Waals surface area contributed by atoms with Gasteiger partial charge in [-0.05, 0) is 26.0 Å². The van der Waals surface area contributed by atoms with Crippen molar-refractivity contribution in [2.45, 2.75) is 32.5 Å². The molecule has 1 fully saturated rings. The molecule has 0 radical (unpaired) electrons. The average molecular weight is 301 g/mol. The van der Waals surface area contributed by atoms with Crippen LogP contribution in [-0.4, -0.2) is 41.0 Å². The SMILES string of the molecule is CC(=O)N1CCN(c2ccc(C(F)(F)F)nc2)CC1(C)C. The molecule has 1 aromatic rings. The largest absolute Gasteiger partial charge is 0.433 e. The molecule has 116 valence electrons. The maximum atomic E-state index is 12.5. The molecule has 0 unspecified atom stereocenters. The summed E-state index contributed by atoms with van der Waals surface area (Å²) < 4.78 is 37.5. The van der Waals surface area contributed by atoms with Gasteiger partial charge in [-0.1, -0.05) is 0 Å². The Kier molecular flexibility index (Phi) is 3.86. The number of hydrogen-bond acceptors (Lipinski definition) is 3. The highest BCUT2D eigenvalue weighted by atomic mass is 19.4. The van der Waals surface area contributed by atoms with Crippen LogP contribution in [0.2, 0.25) is 0 Å². The Morgan fingerprint density at radius 2 is 1.95 bits per heavy atom. The molecule has 21 heavy (non-hydrogen) atoms. The molecule has 0 spiro atoms. The van der Waals surface area contributed by atoms with Gasteiger partial charge in [-0.15, -0.1) is 0 Å². The standard InChI is InChI=1S/C14H18F3N3O/c1-10(21)20-7-6-19(9-13(20,2)3)11-4-5-12(18-8-11)14(15,16)17/h4-5,8H,6-7,9H2,1-3H3. The van der Waals surface area contributed by atoms with E-state index in [0.717, 1.165) is 6.07 Å². The predicted molar refractivity (Wildman–Crippen MR) is 72.9 cm³/mol. The fourth-order valence-electron chi connectivity index (χ4n) is 2.70. The fourth-order valence-corrected chi connectivity index (χ4v) is 2.70. The van der Waals surface area contributed by atoms with Gasteiger partial charge in [0.2, 0.25) is 5.91 Å². The first-order chi connectivity index (χ1) is 9.61. The van der Waals surface area contributed by atoms with Crippen LogP contribution in [0.3, 0.4) is 0 Å². The molecule has 2 rings (SSSR count). The highest BCUT2D eigenvalue weighted by Crippen LogP contribution is 2.30. The van der Waals surface area contributed by atoms with Gasteiger partial charge in [0.15, 0.2) is 0 Å². The normalized spacial score (nSPS) is 18.8. The molecule has 0 bridgehead atoms. The molecule has 1 aliphatic rings. The zero-order valence-electron chi connectivity index (χ0n) is 12.2. The van der Waals surface area contributed by atoms with Crippen LogP contribution in [0.5, 0.6) is 0 Å². The molecule has 0 saturated carbocycles. The summed E-state index contributed by atoms with van der Waals surface area (Å²) in [6.45, 7) is 7.09. The van der Waals surface area contributed by atoms with Gasteiger partial charge < -0.3 is 9.80 Å². The molecule has 2 heterocycles. The topological polar surface area (TPSA) is 36.4 Å². The van der Waals surface area contributed by atoms with Crippen LogP contribution in [0.25, 0.3) is 0 Å². The number of anilines is 1. The van der Waals surface area contributed by atoms with E-state index in [-0.39, 0.29) is 11.4 Å². The Hall–Kier alpha value is -1.79. The van der Waals surface area contributed by atoms with Crippen LogP contribution in [-0.2, 0) is 11.0 Å². The zero-order valence-corrected chi connectivity index (χ0v) is 12.2. The number of nitrogens with zero attached hydrogens (tertiary/aromatic N) is 3. The maximum absolute atomic E-state index is 12.5. The van der Waals surface area contributed by atoms with E-state index in [0.29, 0.717) is 25.3 Å². The number of piperazine rings is 1. The number of rotatable bonds is 1. The summed E-state index contributed by atoms with van der Waals surface area (Å²) in [5.41, 5.74) is -0.626. The van der Waals surface area contributed by atoms with Crippen molar-refractivity contribution < 1.29 is 18.0 Å². The first kappa shape index (κ1) is 15.6. The van der Waals surface area contributed by atoms with E-state index in [9.17, 15) is 18.0 Å². The predicted octanol–water partition coefficient (Wildman–Crippen LogP) is 2.55. The highest BCUT2D eigenvalue weighted by molar-refractivity contribution is 5.74. The second-order valence-corrected chi connectivity index (χ2v) is 5.80. The Morgan fingerprint density at radius 1 is 1.29 bits per heavy atom. The van der Waals surface area contributed by atoms with E-state index in [1.54, 1.807) is 4.90 Å². The molecule has 0 atom stereocenters. The third kappa shape index (κ3) is 3.28. The summed E-state index contributed by atoms with van der Waals surface area (Å²) in [6.07, 6.45) is -3.19. The second kappa shape index (κ2) is 5.20. The summed E-state index contributed by atoms with van der Waals surface area (Å²) in [5, 5.41) is 0. The third-order valence-corrected chi connectivity index (χ3v) is 3.69. The molecule has 1 amide bonds. The van der Waals surface area contributed by atoms with Gasteiger partial charge in [-0.3, -0.25) is 4.79 Å². The lowest BCUT2D eigenvalue weighted by molar-refractivity contribution is -0.141. The molecule has 7 heteroatoms. The number of pyridine rings is 1. The van der Waals surface area contributed by atoms with Gasteiger partial charge in [-0.25, -0.2) is 4.98 Å². The van der Waals surface area contributed by atoms with Gasteiger partial charge in [0.05, 0.1) is 17.4 Å². The number of halogens is 3. The molecule has 1 aliphatic heterocycles. The minimum Gasteiger partial charge on any atom is -0.366 e. The molecule has 1 aromatic heterocycles. The van der Waals surface area contributed by atoms with E-state index in [1.165, 1.54) is 19.2 Å². The minimum absolute atomic E-state index is 0.00481. The molecule has 4 nitrogen and oxygen atoms in total. The third-order valence-electron chi connectivity index (χ3n) is 3.69. The number of alkyl halides is 3. The van der Waals surface area contributed by atoms with Crippen molar-refractivity contribution in [1.82, 2.24) is 9.88 Å². The summed E-state index contributed by atoms with van der Waals surface area (Å²) in [4.78, 5) is 18.8. The number of aromatic nitrogens is 1. The first-order valence-electron chi connectivity index (χ1n) is 6.68. The zero-order chi connectivity index (χ0) is 15.8. The Bertz CT molecular complexity index is 525. The van der Waals surface area contributed by atoms with Crippen LogP contribution in [0, 0.1) is 0 Å². The molecule has 0 aromatic carbocycles. The summed E-state index contributed by atoms with van der Waals surface area (Å²) in [6, 6.07) is 2.41. The Balaban J connectivity index is 2.16. The van der Waals surface area contributed by atoms with Crippen molar-refractivity contribution in [1.29, 1.82) is 0 Å². The maximum Gasteiger partial charge on any atom is 0.433 e. The van der Waals surface area contributed by atoms with Crippen LogP contribution in [0.1, 0.15) is 26.5 Å². The fraction of sp³-hybridized carbons (Fsp3) is 0.571. The summed E-state index contributed by atoms with van der Waals surface area (Å²) >= 11 is 0.